The molecule has 0 aromatic heterocycles. The highest BCUT2D eigenvalue weighted by Crippen LogP contribution is 2.38. The van der Waals surface area contributed by atoms with Crippen LogP contribution in [0.25, 0.3) is 0 Å². The number of rotatable bonds is 0. The maximum absolute atomic E-state index is 12.0. The number of amides is 1. The molecule has 3 nitrogen and oxygen atoms in total. The number of piperidine rings is 1. The molecule has 1 amide bonds. The van der Waals surface area contributed by atoms with Gasteiger partial charge in [-0.3, -0.25) is 0 Å². The van der Waals surface area contributed by atoms with Crippen LogP contribution in [0, 0.1) is 11.8 Å². The topological polar surface area (TPSA) is 29.5 Å². The minimum atomic E-state index is -0.402. The Morgan fingerprint density at radius 3 is 2.29 bits per heavy atom. The lowest BCUT2D eigenvalue weighted by Crippen LogP contribution is -2.48. The van der Waals surface area contributed by atoms with E-state index in [0.717, 1.165) is 13.1 Å². The predicted molar refractivity (Wildman–Crippen MR) is 67.8 cm³/mol. The van der Waals surface area contributed by atoms with Gasteiger partial charge in [0.15, 0.2) is 0 Å². The zero-order valence-electron chi connectivity index (χ0n) is 11.2. The van der Waals surface area contributed by atoms with Crippen LogP contribution in [0.15, 0.2) is 12.2 Å². The van der Waals surface area contributed by atoms with Crippen molar-refractivity contribution in [3.8, 4) is 0 Å². The van der Waals surface area contributed by atoms with Gasteiger partial charge in [0, 0.05) is 13.1 Å². The van der Waals surface area contributed by atoms with Gasteiger partial charge in [-0.2, -0.15) is 0 Å². The smallest absolute Gasteiger partial charge is 0.410 e. The van der Waals surface area contributed by atoms with Crippen LogP contribution in [0.4, 0.5) is 4.79 Å². The van der Waals surface area contributed by atoms with Crippen LogP contribution in [0.2, 0.25) is 0 Å². The third kappa shape index (κ3) is 2.82. The van der Waals surface area contributed by atoms with Crippen molar-refractivity contribution in [1.29, 1.82) is 0 Å². The van der Waals surface area contributed by atoms with Crippen molar-refractivity contribution in [1.82, 2.24) is 4.90 Å². The second kappa shape index (κ2) is 4.35. The number of fused-ring (bicyclic) bond motifs is 2. The fraction of sp³-hybridized carbons (Fsp3) is 0.786. The molecule has 2 aliphatic rings. The van der Waals surface area contributed by atoms with E-state index in [1.165, 1.54) is 24.8 Å². The summed E-state index contributed by atoms with van der Waals surface area (Å²) in [7, 11) is 0. The molecule has 1 saturated heterocycles. The molecule has 1 aliphatic carbocycles. The van der Waals surface area contributed by atoms with Gasteiger partial charge in [-0.1, -0.05) is 18.6 Å². The van der Waals surface area contributed by atoms with Crippen LogP contribution in [0.1, 0.15) is 40.0 Å². The van der Waals surface area contributed by atoms with Gasteiger partial charge in [-0.15, -0.1) is 0 Å². The number of carbonyl (C=O) groups excluding carboxylic acids is 1. The Labute approximate surface area is 104 Å². The summed E-state index contributed by atoms with van der Waals surface area (Å²) >= 11 is 0. The molecular weight excluding hydrogens is 214 g/mol. The van der Waals surface area contributed by atoms with E-state index >= 15 is 0 Å². The molecule has 0 radical (unpaired) electrons. The molecule has 1 saturated carbocycles. The Morgan fingerprint density at radius 1 is 1.29 bits per heavy atom. The highest BCUT2D eigenvalue weighted by molar-refractivity contribution is 5.68. The number of nitrogens with zero attached hydrogens (tertiary/aromatic N) is 1. The third-order valence-corrected chi connectivity index (χ3v) is 3.69. The molecule has 2 bridgehead atoms. The first-order chi connectivity index (χ1) is 7.87. The van der Waals surface area contributed by atoms with Gasteiger partial charge >= 0.3 is 6.09 Å². The lowest BCUT2D eigenvalue weighted by Gasteiger charge is -2.43. The minimum absolute atomic E-state index is 0.165. The number of carbonyl (C=O) groups is 1. The van der Waals surface area contributed by atoms with Crippen molar-refractivity contribution < 1.29 is 9.53 Å². The lowest BCUT2D eigenvalue weighted by molar-refractivity contribution is 0.0126. The summed E-state index contributed by atoms with van der Waals surface area (Å²) in [5.74, 6) is 0.991. The SMILES string of the molecule is C=C1C2CCCC1CN(C(=O)OC(C)(C)C)C2. The van der Waals surface area contributed by atoms with Gasteiger partial charge in [0.05, 0.1) is 0 Å². The predicted octanol–water partition coefficient (Wildman–Crippen LogP) is 3.21. The first-order valence-corrected chi connectivity index (χ1v) is 6.53. The van der Waals surface area contributed by atoms with Crippen LogP contribution in [-0.2, 0) is 4.74 Å². The summed E-state index contributed by atoms with van der Waals surface area (Å²) in [5, 5.41) is 0. The Hall–Kier alpha value is -0.990. The molecule has 2 atom stereocenters. The van der Waals surface area contributed by atoms with Gasteiger partial charge in [0.2, 0.25) is 0 Å². The molecule has 2 unspecified atom stereocenters. The van der Waals surface area contributed by atoms with Gasteiger partial charge in [0.1, 0.15) is 5.60 Å². The molecule has 2 fully saturated rings. The van der Waals surface area contributed by atoms with Gasteiger partial charge in [-0.05, 0) is 45.4 Å². The van der Waals surface area contributed by atoms with Gasteiger partial charge in [0.25, 0.3) is 0 Å². The maximum Gasteiger partial charge on any atom is 0.410 e. The standard InChI is InChI=1S/C14H23NO2/c1-10-11-6-5-7-12(10)9-15(8-11)13(16)17-14(2,3)4/h11-12H,1,5-9H2,2-4H3. The third-order valence-electron chi connectivity index (χ3n) is 3.69. The van der Waals surface area contributed by atoms with E-state index in [4.69, 9.17) is 4.74 Å². The fourth-order valence-corrected chi connectivity index (χ4v) is 2.81. The first kappa shape index (κ1) is 12.5. The summed E-state index contributed by atoms with van der Waals surface area (Å²) in [6.45, 7) is 11.5. The van der Waals surface area contributed by atoms with Crippen LogP contribution >= 0.6 is 0 Å². The second-order valence-corrected chi connectivity index (χ2v) is 6.28. The van der Waals surface area contributed by atoms with Crippen LogP contribution < -0.4 is 0 Å². The summed E-state index contributed by atoms with van der Waals surface area (Å²) in [5.41, 5.74) is 0.955. The van der Waals surface area contributed by atoms with Crippen LogP contribution in [-0.4, -0.2) is 29.7 Å². The monoisotopic (exact) mass is 237 g/mol. The molecule has 0 N–H and O–H groups in total. The van der Waals surface area contributed by atoms with Crippen molar-refractivity contribution in [2.45, 2.75) is 45.6 Å². The Bertz CT molecular complexity index is 314. The Morgan fingerprint density at radius 2 is 1.82 bits per heavy atom. The highest BCUT2D eigenvalue weighted by atomic mass is 16.6. The second-order valence-electron chi connectivity index (χ2n) is 6.28. The van der Waals surface area contributed by atoms with Gasteiger partial charge < -0.3 is 9.64 Å². The zero-order chi connectivity index (χ0) is 12.6. The summed E-state index contributed by atoms with van der Waals surface area (Å²) in [6.07, 6.45) is 3.46. The van der Waals surface area contributed by atoms with E-state index in [1.54, 1.807) is 0 Å². The number of likely N-dealkylation sites (tertiary alicyclic amines) is 1. The van der Waals surface area contributed by atoms with Crippen molar-refractivity contribution >= 4 is 6.09 Å². The van der Waals surface area contributed by atoms with E-state index in [2.05, 4.69) is 6.58 Å². The van der Waals surface area contributed by atoms with Crippen LogP contribution in [0.5, 0.6) is 0 Å². The van der Waals surface area contributed by atoms with E-state index in [9.17, 15) is 4.79 Å². The van der Waals surface area contributed by atoms with Crippen molar-refractivity contribution in [3.05, 3.63) is 12.2 Å². The van der Waals surface area contributed by atoms with Crippen molar-refractivity contribution in [3.63, 3.8) is 0 Å². The van der Waals surface area contributed by atoms with E-state index in [-0.39, 0.29) is 6.09 Å². The fourth-order valence-electron chi connectivity index (χ4n) is 2.81. The lowest BCUT2D eigenvalue weighted by atomic mass is 9.74. The average molecular weight is 237 g/mol. The summed E-state index contributed by atoms with van der Waals surface area (Å²) < 4.78 is 5.44. The molecular formula is C14H23NO2. The number of ether oxygens (including phenoxy) is 1. The molecule has 3 heteroatoms. The largest absolute Gasteiger partial charge is 0.444 e. The quantitative estimate of drug-likeness (QED) is 0.605. The first-order valence-electron chi connectivity index (χ1n) is 6.53. The molecule has 0 spiro atoms. The van der Waals surface area contributed by atoms with E-state index in [1.807, 2.05) is 25.7 Å². The molecule has 96 valence electrons. The zero-order valence-corrected chi connectivity index (χ0v) is 11.2. The van der Waals surface area contributed by atoms with E-state index in [0.29, 0.717) is 11.8 Å². The van der Waals surface area contributed by atoms with Crippen molar-refractivity contribution in [2.24, 2.45) is 11.8 Å². The normalized spacial score (nSPS) is 29.1. The summed E-state index contributed by atoms with van der Waals surface area (Å²) in [4.78, 5) is 13.9. The van der Waals surface area contributed by atoms with E-state index < -0.39 is 5.60 Å². The van der Waals surface area contributed by atoms with Crippen molar-refractivity contribution in [2.75, 3.05) is 13.1 Å². The summed E-state index contributed by atoms with van der Waals surface area (Å²) in [6, 6.07) is 0. The molecule has 1 heterocycles. The Kier molecular flexibility index (Phi) is 3.19. The molecule has 1 aliphatic heterocycles. The molecule has 0 aromatic rings. The minimum Gasteiger partial charge on any atom is -0.444 e. The molecule has 0 aromatic carbocycles. The van der Waals surface area contributed by atoms with Gasteiger partial charge in [-0.25, -0.2) is 4.79 Å². The maximum atomic E-state index is 12.0. The highest BCUT2D eigenvalue weighted by Gasteiger charge is 2.36. The number of hydrogen-bond donors (Lipinski definition) is 0. The van der Waals surface area contributed by atoms with Crippen LogP contribution in [0.3, 0.4) is 0 Å². The molecule has 2 rings (SSSR count). The number of hydrogen-bond acceptors (Lipinski definition) is 2. The Balaban J connectivity index is 2.00. The average Bonchev–Trinajstić information content (AvgIpc) is 2.13. The molecule has 17 heavy (non-hydrogen) atoms.